The van der Waals surface area contributed by atoms with Crippen LogP contribution in [0.25, 0.3) is 0 Å². The van der Waals surface area contributed by atoms with Gasteiger partial charge in [0.05, 0.1) is 12.1 Å². The number of hydrogen-bond acceptors (Lipinski definition) is 2. The molecular formula is C11H20FNO3. The number of carboxylic acid groups (broad SMARTS) is 1. The zero-order chi connectivity index (χ0) is 12.5. The predicted octanol–water partition coefficient (Wildman–Crippen LogP) is 2.02. The van der Waals surface area contributed by atoms with Crippen LogP contribution in [-0.4, -0.2) is 45.1 Å². The maximum absolute atomic E-state index is 13.8. The number of alkyl halides is 1. The Hall–Kier alpha value is -0.840. The van der Waals surface area contributed by atoms with Gasteiger partial charge in [0.2, 0.25) is 0 Å². The van der Waals surface area contributed by atoms with Gasteiger partial charge in [-0.15, -0.1) is 0 Å². The highest BCUT2D eigenvalue weighted by molar-refractivity contribution is 5.66. The summed E-state index contributed by atoms with van der Waals surface area (Å²) >= 11 is 0. The van der Waals surface area contributed by atoms with Gasteiger partial charge in [0, 0.05) is 12.0 Å². The number of halogens is 1. The van der Waals surface area contributed by atoms with E-state index in [2.05, 4.69) is 0 Å². The average Bonchev–Trinajstić information content (AvgIpc) is 2.06. The molecule has 1 fully saturated rings. The van der Waals surface area contributed by atoms with Gasteiger partial charge in [-0.1, -0.05) is 0 Å². The molecule has 0 aromatic heterocycles. The lowest BCUT2D eigenvalue weighted by Crippen LogP contribution is -2.56. The summed E-state index contributed by atoms with van der Waals surface area (Å²) in [7, 11) is 0. The van der Waals surface area contributed by atoms with Crippen molar-refractivity contribution in [3.05, 3.63) is 0 Å². The molecule has 0 aromatic rings. The van der Waals surface area contributed by atoms with E-state index < -0.39 is 29.9 Å². The lowest BCUT2D eigenvalue weighted by Gasteiger charge is -2.43. The van der Waals surface area contributed by atoms with Crippen molar-refractivity contribution in [1.82, 2.24) is 4.90 Å². The van der Waals surface area contributed by atoms with Gasteiger partial charge in [-0.2, -0.15) is 0 Å². The molecule has 0 radical (unpaired) electrons. The van der Waals surface area contributed by atoms with Crippen molar-refractivity contribution in [2.75, 3.05) is 0 Å². The number of aliphatic hydroxyl groups is 1. The van der Waals surface area contributed by atoms with E-state index in [0.29, 0.717) is 12.8 Å². The smallest absolute Gasteiger partial charge is 0.408 e. The highest BCUT2D eigenvalue weighted by Gasteiger charge is 2.40. The largest absolute Gasteiger partial charge is 0.465 e. The molecule has 0 saturated heterocycles. The van der Waals surface area contributed by atoms with E-state index in [1.165, 1.54) is 4.90 Å². The Morgan fingerprint density at radius 1 is 1.38 bits per heavy atom. The van der Waals surface area contributed by atoms with Crippen LogP contribution in [0.5, 0.6) is 0 Å². The Morgan fingerprint density at radius 2 is 1.94 bits per heavy atom. The maximum atomic E-state index is 13.8. The summed E-state index contributed by atoms with van der Waals surface area (Å²) in [4.78, 5) is 12.3. The van der Waals surface area contributed by atoms with Gasteiger partial charge in [0.15, 0.2) is 0 Å². The van der Waals surface area contributed by atoms with Crippen LogP contribution < -0.4 is 0 Å². The molecule has 0 spiro atoms. The van der Waals surface area contributed by atoms with E-state index in [4.69, 9.17) is 5.11 Å². The lowest BCUT2D eigenvalue weighted by atomic mass is 9.88. The molecule has 94 valence electrons. The Bertz CT molecular complexity index is 264. The van der Waals surface area contributed by atoms with Crippen LogP contribution in [0, 0.1) is 0 Å². The molecule has 1 aliphatic carbocycles. The van der Waals surface area contributed by atoms with Gasteiger partial charge < -0.3 is 10.2 Å². The second-order valence-corrected chi connectivity index (χ2v) is 5.37. The maximum Gasteiger partial charge on any atom is 0.408 e. The monoisotopic (exact) mass is 233 g/mol. The van der Waals surface area contributed by atoms with Crippen molar-refractivity contribution >= 4 is 6.09 Å². The third kappa shape index (κ3) is 2.84. The van der Waals surface area contributed by atoms with Gasteiger partial charge in [-0.25, -0.2) is 9.18 Å². The first-order valence-electron chi connectivity index (χ1n) is 5.58. The number of amides is 1. The minimum absolute atomic E-state index is 0.0323. The summed E-state index contributed by atoms with van der Waals surface area (Å²) in [5, 5.41) is 18.5. The SMILES string of the molecule is CC(C)(C)N(C(=O)O)[C@@H]1CC[C@H](O)C[C@@H]1F. The lowest BCUT2D eigenvalue weighted by molar-refractivity contribution is -0.0127. The van der Waals surface area contributed by atoms with Crippen LogP contribution in [0.2, 0.25) is 0 Å². The summed E-state index contributed by atoms with van der Waals surface area (Å²) in [5.41, 5.74) is -0.622. The zero-order valence-electron chi connectivity index (χ0n) is 9.98. The van der Waals surface area contributed by atoms with Crippen molar-refractivity contribution in [2.45, 2.75) is 63.9 Å². The van der Waals surface area contributed by atoms with E-state index in [9.17, 15) is 14.3 Å². The fourth-order valence-corrected chi connectivity index (χ4v) is 2.30. The van der Waals surface area contributed by atoms with Crippen molar-refractivity contribution < 1.29 is 19.4 Å². The molecule has 1 saturated carbocycles. The van der Waals surface area contributed by atoms with Crippen molar-refractivity contribution in [2.24, 2.45) is 0 Å². The quantitative estimate of drug-likeness (QED) is 0.728. The summed E-state index contributed by atoms with van der Waals surface area (Å²) in [6, 6.07) is -0.638. The van der Waals surface area contributed by atoms with Gasteiger partial charge in [0.25, 0.3) is 0 Å². The molecule has 0 aliphatic heterocycles. The van der Waals surface area contributed by atoms with Crippen molar-refractivity contribution in [1.29, 1.82) is 0 Å². The van der Waals surface area contributed by atoms with Crippen LogP contribution in [0.1, 0.15) is 40.0 Å². The first-order valence-corrected chi connectivity index (χ1v) is 5.58. The zero-order valence-corrected chi connectivity index (χ0v) is 9.98. The predicted molar refractivity (Wildman–Crippen MR) is 58.2 cm³/mol. The molecule has 5 heteroatoms. The summed E-state index contributed by atoms with van der Waals surface area (Å²) in [5.74, 6) is 0. The Balaban J connectivity index is 2.83. The number of aliphatic hydroxyl groups excluding tert-OH is 1. The number of rotatable bonds is 1. The van der Waals surface area contributed by atoms with Crippen LogP contribution >= 0.6 is 0 Å². The standard InChI is InChI=1S/C11H20FNO3/c1-11(2,3)13(10(15)16)9-5-4-7(14)6-8(9)12/h7-9,14H,4-6H2,1-3H3,(H,15,16)/t7-,8-,9+/m0/s1. The van der Waals surface area contributed by atoms with Crippen LogP contribution in [0.4, 0.5) is 9.18 Å². The van der Waals surface area contributed by atoms with E-state index >= 15 is 0 Å². The van der Waals surface area contributed by atoms with Gasteiger partial charge in [0.1, 0.15) is 6.17 Å². The molecular weight excluding hydrogens is 213 g/mol. The summed E-state index contributed by atoms with van der Waals surface area (Å²) < 4.78 is 13.8. The van der Waals surface area contributed by atoms with E-state index in [1.807, 2.05) is 0 Å². The fourth-order valence-electron chi connectivity index (χ4n) is 2.30. The molecule has 3 atom stereocenters. The number of nitrogens with zero attached hydrogens (tertiary/aromatic N) is 1. The third-order valence-corrected chi connectivity index (χ3v) is 2.97. The first kappa shape index (κ1) is 13.2. The topological polar surface area (TPSA) is 60.8 Å². The Labute approximate surface area is 95.1 Å². The molecule has 4 nitrogen and oxygen atoms in total. The van der Waals surface area contributed by atoms with E-state index in [0.717, 1.165) is 0 Å². The molecule has 0 heterocycles. The molecule has 0 unspecified atom stereocenters. The third-order valence-electron chi connectivity index (χ3n) is 2.97. The second-order valence-electron chi connectivity index (χ2n) is 5.37. The minimum atomic E-state index is -1.28. The highest BCUT2D eigenvalue weighted by atomic mass is 19.1. The molecule has 16 heavy (non-hydrogen) atoms. The molecule has 1 rings (SSSR count). The van der Waals surface area contributed by atoms with Crippen LogP contribution in [-0.2, 0) is 0 Å². The van der Waals surface area contributed by atoms with Crippen LogP contribution in [0.3, 0.4) is 0 Å². The number of carbonyl (C=O) groups is 1. The fraction of sp³-hybridized carbons (Fsp3) is 0.909. The molecule has 1 amide bonds. The second kappa shape index (κ2) is 4.57. The minimum Gasteiger partial charge on any atom is -0.465 e. The van der Waals surface area contributed by atoms with Gasteiger partial charge in [-0.3, -0.25) is 4.90 Å². The van der Waals surface area contributed by atoms with E-state index in [-0.39, 0.29) is 6.42 Å². The van der Waals surface area contributed by atoms with Crippen molar-refractivity contribution in [3.8, 4) is 0 Å². The van der Waals surface area contributed by atoms with Crippen LogP contribution in [0.15, 0.2) is 0 Å². The molecule has 2 N–H and O–H groups in total. The van der Waals surface area contributed by atoms with Gasteiger partial charge >= 0.3 is 6.09 Å². The Morgan fingerprint density at radius 3 is 2.31 bits per heavy atom. The normalized spacial score (nSPS) is 31.2. The van der Waals surface area contributed by atoms with Crippen molar-refractivity contribution in [3.63, 3.8) is 0 Å². The molecule has 0 aromatic carbocycles. The van der Waals surface area contributed by atoms with Gasteiger partial charge in [-0.05, 0) is 33.6 Å². The molecule has 1 aliphatic rings. The average molecular weight is 233 g/mol. The Kier molecular flexibility index (Phi) is 3.78. The number of hydrogen-bond donors (Lipinski definition) is 2. The van der Waals surface area contributed by atoms with E-state index in [1.54, 1.807) is 20.8 Å². The summed E-state index contributed by atoms with van der Waals surface area (Å²) in [6.07, 6.45) is -2.14. The molecule has 0 bridgehead atoms. The highest BCUT2D eigenvalue weighted by Crippen LogP contribution is 2.30. The summed E-state index contributed by atoms with van der Waals surface area (Å²) in [6.45, 7) is 5.25. The first-order chi connectivity index (χ1) is 7.23.